The molecule has 0 atom stereocenters. The van der Waals surface area contributed by atoms with Crippen molar-refractivity contribution < 1.29 is 4.74 Å². The van der Waals surface area contributed by atoms with Crippen molar-refractivity contribution in [3.05, 3.63) is 0 Å². The smallest absolute Gasteiger partial charge is 0.0589 e. The van der Waals surface area contributed by atoms with E-state index in [-0.39, 0.29) is 37.2 Å². The van der Waals surface area contributed by atoms with Crippen LogP contribution in [0.2, 0.25) is 0 Å². The van der Waals surface area contributed by atoms with Gasteiger partial charge in [-0.25, -0.2) is 0 Å². The van der Waals surface area contributed by atoms with Crippen molar-refractivity contribution in [2.45, 2.75) is 0 Å². The Morgan fingerprint density at radius 1 is 0.938 bits per heavy atom. The van der Waals surface area contributed by atoms with Crippen LogP contribution in [0, 0.1) is 0 Å². The molecule has 4 nitrogen and oxygen atoms in total. The van der Waals surface area contributed by atoms with Crippen LogP contribution in [0.15, 0.2) is 0 Å². The number of piperazine rings is 1. The number of ether oxygens (including phenoxy) is 1. The summed E-state index contributed by atoms with van der Waals surface area (Å²) in [6.45, 7) is 8.34. The van der Waals surface area contributed by atoms with Gasteiger partial charge in [-0.3, -0.25) is 9.80 Å². The summed E-state index contributed by atoms with van der Waals surface area (Å²) >= 11 is 0. The van der Waals surface area contributed by atoms with E-state index in [0.717, 1.165) is 52.4 Å². The maximum atomic E-state index is 5.50. The molecule has 0 aromatic carbocycles. The normalized spacial score (nSPS) is 16.9. The lowest BCUT2D eigenvalue weighted by molar-refractivity contribution is 0.0984. The Bertz CT molecular complexity index is 135. The van der Waals surface area contributed by atoms with Crippen LogP contribution in [0.25, 0.3) is 0 Å². The fourth-order valence-electron chi connectivity index (χ4n) is 1.64. The van der Waals surface area contributed by atoms with Gasteiger partial charge in [-0.2, -0.15) is 0 Å². The monoisotopic (exact) mass is 295 g/mol. The number of nitrogens with two attached hydrogens (primary N) is 1. The molecule has 0 spiro atoms. The maximum Gasteiger partial charge on any atom is 0.0589 e. The van der Waals surface area contributed by atoms with Crippen LogP contribution in [0.1, 0.15) is 0 Å². The topological polar surface area (TPSA) is 41.7 Å². The molecule has 1 rings (SSSR count). The Labute approximate surface area is 117 Å². The Kier molecular flexibility index (Phi) is 18.9. The molecule has 16 heavy (non-hydrogen) atoms. The first-order chi connectivity index (χ1) is 6.36. The first kappa shape index (κ1) is 21.9. The van der Waals surface area contributed by atoms with Crippen molar-refractivity contribution in [2.24, 2.45) is 5.73 Å². The second kappa shape index (κ2) is 13.8. The van der Waals surface area contributed by atoms with Gasteiger partial charge in [0.2, 0.25) is 0 Å². The fourth-order valence-corrected chi connectivity index (χ4v) is 1.64. The largest absolute Gasteiger partial charge is 0.383 e. The van der Waals surface area contributed by atoms with Gasteiger partial charge >= 0.3 is 0 Å². The van der Waals surface area contributed by atoms with Gasteiger partial charge in [0.05, 0.1) is 6.61 Å². The molecule has 0 amide bonds. The molecule has 0 unspecified atom stereocenters. The molecule has 0 saturated carbocycles. The van der Waals surface area contributed by atoms with Crippen molar-refractivity contribution in [3.63, 3.8) is 0 Å². The van der Waals surface area contributed by atoms with Gasteiger partial charge in [0.15, 0.2) is 0 Å². The lowest BCUT2D eigenvalue weighted by Crippen LogP contribution is -2.48. The van der Waals surface area contributed by atoms with E-state index in [4.69, 9.17) is 10.5 Å². The highest BCUT2D eigenvalue weighted by molar-refractivity contribution is 5.86. The van der Waals surface area contributed by atoms with Gasteiger partial charge in [-0.15, -0.1) is 37.2 Å². The molecule has 1 heterocycles. The van der Waals surface area contributed by atoms with Crippen molar-refractivity contribution in [2.75, 3.05) is 59.5 Å². The molecule has 0 aromatic rings. The maximum absolute atomic E-state index is 5.50. The third kappa shape index (κ3) is 8.82. The first-order valence-electron chi connectivity index (χ1n) is 5.00. The molecule has 1 fully saturated rings. The highest BCUT2D eigenvalue weighted by atomic mass is 35.5. The predicted octanol–water partition coefficient (Wildman–Crippen LogP) is 0.474. The molecule has 2 N–H and O–H groups in total. The minimum absolute atomic E-state index is 0. The Balaban J connectivity index is -0.000000563. The van der Waals surface area contributed by atoms with E-state index in [9.17, 15) is 0 Å². The molecule has 102 valence electrons. The van der Waals surface area contributed by atoms with Gasteiger partial charge in [0.1, 0.15) is 0 Å². The standard InChI is InChI=1S/C9H21N3O.3ClH/c1-13-9-8-12-6-4-11(3-2-10)5-7-12;;;/h2-10H2,1H3;3*1H. The summed E-state index contributed by atoms with van der Waals surface area (Å²) in [5.74, 6) is 0. The summed E-state index contributed by atoms with van der Waals surface area (Å²) in [7, 11) is 1.75. The van der Waals surface area contributed by atoms with Gasteiger partial charge in [0, 0.05) is 52.9 Å². The van der Waals surface area contributed by atoms with Gasteiger partial charge in [0.25, 0.3) is 0 Å². The minimum atomic E-state index is 0. The second-order valence-corrected chi connectivity index (χ2v) is 3.46. The SMILES string of the molecule is COCCN1CCN(CCN)CC1.Cl.Cl.Cl. The average molecular weight is 297 g/mol. The highest BCUT2D eigenvalue weighted by Gasteiger charge is 2.14. The molecule has 1 saturated heterocycles. The van der Waals surface area contributed by atoms with Crippen molar-refractivity contribution in [3.8, 4) is 0 Å². The lowest BCUT2D eigenvalue weighted by atomic mass is 10.3. The van der Waals surface area contributed by atoms with Crippen LogP contribution in [0.4, 0.5) is 0 Å². The summed E-state index contributed by atoms with van der Waals surface area (Å²) in [6.07, 6.45) is 0. The molecule has 0 aromatic heterocycles. The fraction of sp³-hybridized carbons (Fsp3) is 1.00. The molecular weight excluding hydrogens is 272 g/mol. The summed E-state index contributed by atoms with van der Waals surface area (Å²) in [6, 6.07) is 0. The quantitative estimate of drug-likeness (QED) is 0.801. The van der Waals surface area contributed by atoms with Crippen LogP contribution in [0.3, 0.4) is 0 Å². The number of halogens is 3. The second-order valence-electron chi connectivity index (χ2n) is 3.46. The third-order valence-electron chi connectivity index (χ3n) is 2.52. The zero-order chi connectivity index (χ0) is 9.52. The van der Waals surface area contributed by atoms with Crippen LogP contribution in [-0.4, -0.2) is 69.3 Å². The van der Waals surface area contributed by atoms with Crippen molar-refractivity contribution in [1.29, 1.82) is 0 Å². The first-order valence-corrected chi connectivity index (χ1v) is 5.00. The zero-order valence-corrected chi connectivity index (χ0v) is 12.2. The van der Waals surface area contributed by atoms with Crippen LogP contribution in [-0.2, 0) is 4.74 Å². The van der Waals surface area contributed by atoms with E-state index in [0.29, 0.717) is 0 Å². The molecule has 0 radical (unpaired) electrons. The summed E-state index contributed by atoms with van der Waals surface area (Å²) in [5, 5.41) is 0. The van der Waals surface area contributed by atoms with E-state index in [2.05, 4.69) is 9.80 Å². The number of nitrogens with zero attached hydrogens (tertiary/aromatic N) is 2. The van der Waals surface area contributed by atoms with Gasteiger partial charge < -0.3 is 10.5 Å². The molecule has 7 heteroatoms. The van der Waals surface area contributed by atoms with E-state index in [1.165, 1.54) is 0 Å². The van der Waals surface area contributed by atoms with E-state index < -0.39 is 0 Å². The molecular formula is C9H24Cl3N3O. The zero-order valence-electron chi connectivity index (χ0n) is 9.76. The Hall–Kier alpha value is 0.710. The Morgan fingerprint density at radius 2 is 1.38 bits per heavy atom. The lowest BCUT2D eigenvalue weighted by Gasteiger charge is -2.34. The number of hydrogen-bond donors (Lipinski definition) is 1. The summed E-state index contributed by atoms with van der Waals surface area (Å²) in [4.78, 5) is 4.86. The van der Waals surface area contributed by atoms with Crippen molar-refractivity contribution >= 4 is 37.2 Å². The average Bonchev–Trinajstić information content (AvgIpc) is 2.17. The Morgan fingerprint density at radius 3 is 1.75 bits per heavy atom. The molecule has 0 bridgehead atoms. The predicted molar refractivity (Wildman–Crippen MR) is 75.6 cm³/mol. The van der Waals surface area contributed by atoms with Crippen LogP contribution in [0.5, 0.6) is 0 Å². The number of hydrogen-bond acceptors (Lipinski definition) is 4. The number of methoxy groups -OCH3 is 1. The van der Waals surface area contributed by atoms with Crippen LogP contribution < -0.4 is 5.73 Å². The highest BCUT2D eigenvalue weighted by Crippen LogP contribution is 1.99. The van der Waals surface area contributed by atoms with Crippen molar-refractivity contribution in [1.82, 2.24) is 9.80 Å². The summed E-state index contributed by atoms with van der Waals surface area (Å²) < 4.78 is 5.04. The van der Waals surface area contributed by atoms with Gasteiger partial charge in [-0.1, -0.05) is 0 Å². The summed E-state index contributed by atoms with van der Waals surface area (Å²) in [5.41, 5.74) is 5.50. The van der Waals surface area contributed by atoms with E-state index in [1.54, 1.807) is 7.11 Å². The minimum Gasteiger partial charge on any atom is -0.383 e. The number of rotatable bonds is 5. The molecule has 1 aliphatic rings. The van der Waals surface area contributed by atoms with Crippen LogP contribution >= 0.6 is 37.2 Å². The van der Waals surface area contributed by atoms with E-state index >= 15 is 0 Å². The third-order valence-corrected chi connectivity index (χ3v) is 2.52. The van der Waals surface area contributed by atoms with E-state index in [1.807, 2.05) is 0 Å². The molecule has 1 aliphatic heterocycles. The van der Waals surface area contributed by atoms with Gasteiger partial charge in [-0.05, 0) is 0 Å². The molecule has 0 aliphatic carbocycles.